The van der Waals surface area contributed by atoms with Crippen LogP contribution in [0.4, 0.5) is 0 Å². The molecule has 0 bridgehead atoms. The molecule has 4 aromatic rings. The Morgan fingerprint density at radius 3 is 1.52 bits per heavy atom. The topological polar surface area (TPSA) is 99.9 Å². The average Bonchev–Trinajstić information content (AvgIpc) is 2.62. The van der Waals surface area contributed by atoms with Gasteiger partial charge in [-0.05, 0) is 47.9 Å². The fourth-order valence-electron chi connectivity index (χ4n) is 3.24. The second-order valence-electron chi connectivity index (χ2n) is 6.51. The van der Waals surface area contributed by atoms with E-state index >= 15 is 0 Å². The van der Waals surface area contributed by atoms with Gasteiger partial charge in [0.05, 0.1) is 11.0 Å². The van der Waals surface area contributed by atoms with Crippen molar-refractivity contribution in [2.75, 3.05) is 0 Å². The first-order chi connectivity index (χ1) is 12.8. The molecule has 0 aliphatic heterocycles. The zero-order valence-electron chi connectivity index (χ0n) is 14.7. The van der Waals surface area contributed by atoms with E-state index in [1.54, 1.807) is 24.3 Å². The van der Waals surface area contributed by atoms with Gasteiger partial charge in [0.2, 0.25) is 9.84 Å². The van der Waals surface area contributed by atoms with Crippen LogP contribution in [0.3, 0.4) is 0 Å². The summed E-state index contributed by atoms with van der Waals surface area (Å²) in [5.74, 6) is 0. The molecule has 136 valence electrons. The Kier molecular flexibility index (Phi) is 3.78. The number of pyridine rings is 2. The zero-order valence-corrected chi connectivity index (χ0v) is 15.5. The number of hydrogen-bond acceptors (Lipinski definition) is 4. The van der Waals surface area contributed by atoms with Crippen LogP contribution in [-0.4, -0.2) is 18.4 Å². The fourth-order valence-corrected chi connectivity index (χ4v) is 4.64. The summed E-state index contributed by atoms with van der Waals surface area (Å²) in [6.45, 7) is 3.64. The molecule has 0 amide bonds. The third-order valence-electron chi connectivity index (χ3n) is 4.69. The number of nitrogens with one attached hydrogen (secondary N) is 2. The first-order valence-electron chi connectivity index (χ1n) is 8.29. The molecule has 2 N–H and O–H groups in total. The van der Waals surface area contributed by atoms with Gasteiger partial charge in [-0.25, -0.2) is 8.42 Å². The molecule has 0 radical (unpaired) electrons. The van der Waals surface area contributed by atoms with Crippen LogP contribution in [0.1, 0.15) is 11.1 Å². The lowest BCUT2D eigenvalue weighted by Crippen LogP contribution is -2.23. The van der Waals surface area contributed by atoms with Crippen molar-refractivity contribution in [3.05, 3.63) is 80.4 Å². The molecule has 0 atom stereocenters. The third-order valence-corrected chi connectivity index (χ3v) is 6.45. The summed E-state index contributed by atoms with van der Waals surface area (Å²) < 4.78 is 26.2. The number of H-pyrrole nitrogens is 2. The maximum atomic E-state index is 13.1. The monoisotopic (exact) mass is 380 g/mol. The van der Waals surface area contributed by atoms with Crippen LogP contribution >= 0.6 is 0 Å². The molecule has 0 saturated heterocycles. The van der Waals surface area contributed by atoms with E-state index in [0.29, 0.717) is 21.8 Å². The summed E-state index contributed by atoms with van der Waals surface area (Å²) in [4.78, 5) is 29.3. The normalized spacial score (nSPS) is 11.9. The minimum atomic E-state index is -4.30. The molecule has 2 aromatic carbocycles. The lowest BCUT2D eigenvalue weighted by atomic mass is 10.1. The number of rotatable bonds is 2. The van der Waals surface area contributed by atoms with Crippen LogP contribution < -0.4 is 11.1 Å². The Morgan fingerprint density at radius 2 is 1.11 bits per heavy atom. The van der Waals surface area contributed by atoms with Crippen molar-refractivity contribution < 1.29 is 8.42 Å². The molecule has 6 nitrogen and oxygen atoms in total. The molecular formula is C20H16N2O4S. The van der Waals surface area contributed by atoms with Crippen molar-refractivity contribution in [3.8, 4) is 0 Å². The van der Waals surface area contributed by atoms with Crippen molar-refractivity contribution in [3.63, 3.8) is 0 Å². The molecule has 0 spiro atoms. The van der Waals surface area contributed by atoms with Gasteiger partial charge in [0.1, 0.15) is 9.79 Å². The van der Waals surface area contributed by atoms with Crippen LogP contribution in [0.25, 0.3) is 21.8 Å². The van der Waals surface area contributed by atoms with E-state index in [2.05, 4.69) is 9.97 Å². The maximum absolute atomic E-state index is 13.1. The summed E-state index contributed by atoms with van der Waals surface area (Å²) in [5, 5.41) is 1.17. The highest BCUT2D eigenvalue weighted by atomic mass is 32.2. The number of aryl methyl sites for hydroxylation is 2. The van der Waals surface area contributed by atoms with Crippen molar-refractivity contribution in [2.45, 2.75) is 23.6 Å². The molecule has 4 rings (SSSR count). The van der Waals surface area contributed by atoms with Gasteiger partial charge in [-0.15, -0.1) is 0 Å². The van der Waals surface area contributed by atoms with E-state index in [1.807, 2.05) is 26.0 Å². The Balaban J connectivity index is 2.02. The predicted octanol–water partition coefficient (Wildman–Crippen LogP) is 2.82. The van der Waals surface area contributed by atoms with Crippen molar-refractivity contribution in [1.82, 2.24) is 9.97 Å². The molecule has 7 heteroatoms. The molecule has 0 fully saturated rings. The number of benzene rings is 2. The largest absolute Gasteiger partial charge is 0.321 e. The summed E-state index contributed by atoms with van der Waals surface area (Å²) in [7, 11) is -4.30. The standard InChI is InChI=1S/C20H16N2O4S/c1-11-5-3-7-13-9-15(19(23)21-17(11)13)27(25,26)16-10-14-8-4-6-12(2)18(14)22-20(16)24/h3-10H,1-2H3,(H,21,23)(H,22,24). The van der Waals surface area contributed by atoms with E-state index in [9.17, 15) is 18.0 Å². The summed E-state index contributed by atoms with van der Waals surface area (Å²) in [6, 6.07) is 13.3. The Morgan fingerprint density at radius 1 is 0.704 bits per heavy atom. The van der Waals surface area contributed by atoms with Gasteiger partial charge in [0.25, 0.3) is 11.1 Å². The first-order valence-corrected chi connectivity index (χ1v) is 9.78. The van der Waals surface area contributed by atoms with Gasteiger partial charge in [0, 0.05) is 0 Å². The van der Waals surface area contributed by atoms with Gasteiger partial charge >= 0.3 is 0 Å². The van der Waals surface area contributed by atoms with Crippen LogP contribution in [0.5, 0.6) is 0 Å². The summed E-state index contributed by atoms with van der Waals surface area (Å²) >= 11 is 0. The highest BCUT2D eigenvalue weighted by Gasteiger charge is 2.26. The van der Waals surface area contributed by atoms with Crippen molar-refractivity contribution >= 4 is 31.6 Å². The molecule has 2 aromatic heterocycles. The highest BCUT2D eigenvalue weighted by molar-refractivity contribution is 7.91. The van der Waals surface area contributed by atoms with Gasteiger partial charge in [-0.3, -0.25) is 9.59 Å². The highest BCUT2D eigenvalue weighted by Crippen LogP contribution is 2.23. The average molecular weight is 380 g/mol. The number of hydrogen-bond donors (Lipinski definition) is 2. The number of aromatic amines is 2. The molecule has 2 heterocycles. The molecule has 0 aliphatic rings. The quantitative estimate of drug-likeness (QED) is 0.558. The van der Waals surface area contributed by atoms with E-state index in [-0.39, 0.29) is 0 Å². The number of fused-ring (bicyclic) bond motifs is 2. The second-order valence-corrected chi connectivity index (χ2v) is 8.39. The predicted molar refractivity (Wildman–Crippen MR) is 104 cm³/mol. The minimum Gasteiger partial charge on any atom is -0.321 e. The molecular weight excluding hydrogens is 364 g/mol. The van der Waals surface area contributed by atoms with Crippen LogP contribution in [0.15, 0.2) is 67.9 Å². The third kappa shape index (κ3) is 2.67. The van der Waals surface area contributed by atoms with Crippen molar-refractivity contribution in [2.24, 2.45) is 0 Å². The Hall–Kier alpha value is -3.19. The number of para-hydroxylation sites is 2. The molecule has 0 unspecified atom stereocenters. The van der Waals surface area contributed by atoms with Crippen molar-refractivity contribution in [1.29, 1.82) is 0 Å². The molecule has 27 heavy (non-hydrogen) atoms. The lowest BCUT2D eigenvalue weighted by molar-refractivity contribution is 0.594. The van der Waals surface area contributed by atoms with Gasteiger partial charge in [-0.2, -0.15) is 0 Å². The SMILES string of the molecule is Cc1cccc2cc(S(=O)(=O)c3cc4cccc(C)c4[nH]c3=O)c(=O)[nH]c12. The number of sulfone groups is 1. The van der Waals surface area contributed by atoms with E-state index < -0.39 is 30.7 Å². The van der Waals surface area contributed by atoms with Crippen LogP contribution in [-0.2, 0) is 9.84 Å². The van der Waals surface area contributed by atoms with Gasteiger partial charge < -0.3 is 9.97 Å². The summed E-state index contributed by atoms with van der Waals surface area (Å²) in [5.41, 5.74) is 1.30. The van der Waals surface area contributed by atoms with E-state index in [1.165, 1.54) is 12.1 Å². The second kappa shape index (κ2) is 5.92. The Bertz CT molecular complexity index is 1340. The molecule has 0 saturated carbocycles. The number of aromatic nitrogens is 2. The Labute approximate surface area is 154 Å². The van der Waals surface area contributed by atoms with Crippen LogP contribution in [0, 0.1) is 13.8 Å². The smallest absolute Gasteiger partial charge is 0.267 e. The summed E-state index contributed by atoms with van der Waals surface area (Å²) in [6.07, 6.45) is 0. The van der Waals surface area contributed by atoms with E-state index in [0.717, 1.165) is 11.1 Å². The zero-order chi connectivity index (χ0) is 19.3. The molecule has 0 aliphatic carbocycles. The maximum Gasteiger partial charge on any atom is 0.267 e. The first kappa shape index (κ1) is 17.2. The minimum absolute atomic E-state index is 0.446. The van der Waals surface area contributed by atoms with Gasteiger partial charge in [0.15, 0.2) is 0 Å². The van der Waals surface area contributed by atoms with E-state index in [4.69, 9.17) is 0 Å². The fraction of sp³-hybridized carbons (Fsp3) is 0.100. The van der Waals surface area contributed by atoms with Gasteiger partial charge in [-0.1, -0.05) is 36.4 Å². The van der Waals surface area contributed by atoms with Crippen LogP contribution in [0.2, 0.25) is 0 Å². The lowest BCUT2D eigenvalue weighted by Gasteiger charge is -2.08.